The zero-order chi connectivity index (χ0) is 27.6. The molecule has 7 nitrogen and oxygen atoms in total. The summed E-state index contributed by atoms with van der Waals surface area (Å²) < 4.78 is 57.0. The number of nitrogens with zero attached hydrogens (tertiary/aromatic N) is 6. The Morgan fingerprint density at radius 1 is 1.05 bits per heavy atom. The molecule has 11 heteroatoms. The molecule has 0 bridgehead atoms. The lowest BCUT2D eigenvalue weighted by atomic mass is 10.00. The van der Waals surface area contributed by atoms with Crippen LogP contribution in [0.1, 0.15) is 56.5 Å². The van der Waals surface area contributed by atoms with Crippen LogP contribution < -0.4 is 10.6 Å². The van der Waals surface area contributed by atoms with Gasteiger partial charge >= 0.3 is 6.18 Å². The largest absolute Gasteiger partial charge is 0.418 e. The smallest absolute Gasteiger partial charge is 0.384 e. The lowest BCUT2D eigenvalue weighted by Gasteiger charge is -2.32. The number of piperidine rings is 1. The second-order valence-corrected chi connectivity index (χ2v) is 10.3. The van der Waals surface area contributed by atoms with Crippen molar-refractivity contribution in [2.75, 3.05) is 43.9 Å². The molecule has 5 heterocycles. The van der Waals surface area contributed by atoms with E-state index in [0.29, 0.717) is 29.4 Å². The first-order chi connectivity index (χ1) is 18.0. The Balaban J connectivity index is 0.000000494. The van der Waals surface area contributed by atoms with E-state index >= 15 is 4.39 Å². The maximum Gasteiger partial charge on any atom is 0.418 e. The summed E-state index contributed by atoms with van der Waals surface area (Å²) in [7, 11) is 2.17. The van der Waals surface area contributed by atoms with Crippen molar-refractivity contribution < 1.29 is 17.6 Å². The lowest BCUT2D eigenvalue weighted by Crippen LogP contribution is -2.35. The molecule has 0 amide bonds. The highest BCUT2D eigenvalue weighted by molar-refractivity contribution is 5.91. The molecule has 2 saturated heterocycles. The van der Waals surface area contributed by atoms with Crippen molar-refractivity contribution in [3.05, 3.63) is 35.0 Å². The van der Waals surface area contributed by atoms with Crippen molar-refractivity contribution in [3.8, 4) is 11.4 Å². The number of aryl methyl sites for hydroxylation is 2. The second-order valence-electron chi connectivity index (χ2n) is 10.3. The topological polar surface area (TPSA) is 84.1 Å². The molecule has 0 saturated carbocycles. The molecular weight excluding hydrogens is 498 g/mol. The summed E-state index contributed by atoms with van der Waals surface area (Å²) in [5.74, 6) is 0.309. The average Bonchev–Trinajstić information content (AvgIpc) is 3.33. The molecule has 2 fully saturated rings. The van der Waals surface area contributed by atoms with Crippen LogP contribution in [-0.4, -0.2) is 58.1 Å². The summed E-state index contributed by atoms with van der Waals surface area (Å²) in [6.07, 6.45) is 1.93. The molecule has 3 aromatic heterocycles. The summed E-state index contributed by atoms with van der Waals surface area (Å²) in [5, 5.41) is 0.367. The van der Waals surface area contributed by atoms with Gasteiger partial charge in [-0.25, -0.2) is 19.3 Å². The van der Waals surface area contributed by atoms with E-state index in [9.17, 15) is 13.2 Å². The van der Waals surface area contributed by atoms with Gasteiger partial charge in [0.15, 0.2) is 5.82 Å². The maximum absolute atomic E-state index is 15.7. The molecule has 0 spiro atoms. The minimum Gasteiger partial charge on any atom is -0.384 e. The van der Waals surface area contributed by atoms with E-state index in [0.717, 1.165) is 32.0 Å². The first-order valence-corrected chi connectivity index (χ1v) is 13.1. The van der Waals surface area contributed by atoms with Crippen molar-refractivity contribution in [1.29, 1.82) is 0 Å². The third-order valence-corrected chi connectivity index (χ3v) is 7.06. The predicted molar refractivity (Wildman–Crippen MR) is 141 cm³/mol. The molecule has 0 aliphatic carbocycles. The quantitative estimate of drug-likeness (QED) is 0.436. The fourth-order valence-corrected chi connectivity index (χ4v) is 5.14. The highest BCUT2D eigenvalue weighted by Crippen LogP contribution is 2.40. The lowest BCUT2D eigenvalue weighted by molar-refractivity contribution is -0.137. The second kappa shape index (κ2) is 11.3. The molecule has 1 unspecified atom stereocenters. The van der Waals surface area contributed by atoms with Crippen LogP contribution in [0.2, 0.25) is 0 Å². The first-order valence-electron chi connectivity index (χ1n) is 13.1. The normalized spacial score (nSPS) is 18.5. The number of halogens is 4. The van der Waals surface area contributed by atoms with Crippen LogP contribution in [-0.2, 0) is 12.6 Å². The average molecular weight is 534 g/mol. The van der Waals surface area contributed by atoms with Gasteiger partial charge in [-0.05, 0) is 70.3 Å². The number of aromatic nitrogens is 4. The summed E-state index contributed by atoms with van der Waals surface area (Å²) in [6.45, 7) is 9.40. The van der Waals surface area contributed by atoms with E-state index in [2.05, 4.69) is 43.7 Å². The van der Waals surface area contributed by atoms with E-state index in [1.54, 1.807) is 0 Å². The van der Waals surface area contributed by atoms with Gasteiger partial charge in [0.25, 0.3) is 0 Å². The van der Waals surface area contributed by atoms with Gasteiger partial charge < -0.3 is 15.5 Å². The highest BCUT2D eigenvalue weighted by atomic mass is 19.4. The van der Waals surface area contributed by atoms with Gasteiger partial charge in [0.2, 0.25) is 0 Å². The van der Waals surface area contributed by atoms with Crippen molar-refractivity contribution in [2.45, 2.75) is 59.1 Å². The van der Waals surface area contributed by atoms with Gasteiger partial charge in [-0.3, -0.25) is 4.98 Å². The number of nitrogens with two attached hydrogens (primary N) is 1. The van der Waals surface area contributed by atoms with Crippen molar-refractivity contribution in [3.63, 3.8) is 0 Å². The monoisotopic (exact) mass is 533 g/mol. The van der Waals surface area contributed by atoms with Crippen LogP contribution in [0.3, 0.4) is 0 Å². The molecular formula is C27H35F4N7. The van der Waals surface area contributed by atoms with Crippen LogP contribution >= 0.6 is 0 Å². The van der Waals surface area contributed by atoms with E-state index in [1.165, 1.54) is 39.1 Å². The standard InChI is InChI=1S/C22H24F4N6.C5H11N/c1-4-15-30-18-13(21(31-15)32-7-5-6-11(2)10-32)9-28-20(17(18)23)19-16(22(24,25)26)12(3)8-14(27)29-19;1-6-4-2-3-5-6/h8-9,11H,4-7,10H2,1-3H3,(H2,27,29);2-5H2,1H3. The van der Waals surface area contributed by atoms with Crippen LogP contribution in [0.15, 0.2) is 12.3 Å². The molecule has 3 aromatic rings. The Labute approximate surface area is 220 Å². The number of hydrogen-bond acceptors (Lipinski definition) is 7. The fraction of sp³-hybridized carbons (Fsp3) is 0.556. The van der Waals surface area contributed by atoms with E-state index < -0.39 is 28.9 Å². The number of hydrogen-bond donors (Lipinski definition) is 1. The summed E-state index contributed by atoms with van der Waals surface area (Å²) >= 11 is 0. The summed E-state index contributed by atoms with van der Waals surface area (Å²) in [4.78, 5) is 21.2. The fourth-order valence-electron chi connectivity index (χ4n) is 5.14. The molecule has 206 valence electrons. The Kier molecular flexibility index (Phi) is 8.34. The number of likely N-dealkylation sites (tertiary alicyclic amines) is 1. The maximum atomic E-state index is 15.7. The van der Waals surface area contributed by atoms with Crippen molar-refractivity contribution in [1.82, 2.24) is 24.8 Å². The third-order valence-electron chi connectivity index (χ3n) is 7.06. The molecule has 5 rings (SSSR count). The third kappa shape index (κ3) is 5.98. The predicted octanol–water partition coefficient (Wildman–Crippen LogP) is 5.65. The Morgan fingerprint density at radius 2 is 1.76 bits per heavy atom. The van der Waals surface area contributed by atoms with E-state index in [-0.39, 0.29) is 16.9 Å². The number of fused-ring (bicyclic) bond motifs is 1. The van der Waals surface area contributed by atoms with Gasteiger partial charge in [-0.15, -0.1) is 0 Å². The summed E-state index contributed by atoms with van der Waals surface area (Å²) in [6, 6.07) is 1.11. The molecule has 0 radical (unpaired) electrons. The van der Waals surface area contributed by atoms with Gasteiger partial charge in [0, 0.05) is 25.7 Å². The van der Waals surface area contributed by atoms with Crippen LogP contribution in [0.25, 0.3) is 22.3 Å². The molecule has 2 aliphatic heterocycles. The molecule has 38 heavy (non-hydrogen) atoms. The van der Waals surface area contributed by atoms with Crippen LogP contribution in [0.5, 0.6) is 0 Å². The van der Waals surface area contributed by atoms with Gasteiger partial charge in [0.05, 0.1) is 10.9 Å². The number of nitrogen functional groups attached to an aromatic ring is 1. The molecule has 2 aliphatic rings. The zero-order valence-corrected chi connectivity index (χ0v) is 22.4. The highest BCUT2D eigenvalue weighted by Gasteiger charge is 2.38. The van der Waals surface area contributed by atoms with Gasteiger partial charge in [0.1, 0.15) is 34.4 Å². The number of pyridine rings is 2. The van der Waals surface area contributed by atoms with E-state index in [4.69, 9.17) is 5.73 Å². The Morgan fingerprint density at radius 3 is 2.34 bits per heavy atom. The van der Waals surface area contributed by atoms with Crippen molar-refractivity contribution >= 4 is 22.5 Å². The number of anilines is 2. The van der Waals surface area contributed by atoms with Crippen molar-refractivity contribution in [2.24, 2.45) is 5.92 Å². The molecule has 1 atom stereocenters. The minimum absolute atomic E-state index is 0.0647. The zero-order valence-electron chi connectivity index (χ0n) is 22.4. The number of rotatable bonds is 3. The SMILES string of the molecule is CCc1nc(N2CCCC(C)C2)c2cnc(-c3nc(N)cc(C)c3C(F)(F)F)c(F)c2n1.CN1CCCC1. The molecule has 0 aromatic carbocycles. The van der Waals surface area contributed by atoms with Crippen LogP contribution in [0, 0.1) is 18.7 Å². The summed E-state index contributed by atoms with van der Waals surface area (Å²) in [5.41, 5.74) is 3.24. The molecule has 2 N–H and O–H groups in total. The number of alkyl halides is 3. The first kappa shape index (κ1) is 27.9. The minimum atomic E-state index is -4.75. The Hall–Kier alpha value is -3.08. The van der Waals surface area contributed by atoms with E-state index in [1.807, 2.05) is 6.92 Å². The van der Waals surface area contributed by atoms with Crippen LogP contribution in [0.4, 0.5) is 29.2 Å². The van der Waals surface area contributed by atoms with Gasteiger partial charge in [-0.2, -0.15) is 13.2 Å². The Bertz CT molecular complexity index is 1290. The van der Waals surface area contributed by atoms with Gasteiger partial charge in [-0.1, -0.05) is 13.8 Å².